The molecule has 2 fully saturated rings. The zero-order valence-corrected chi connectivity index (χ0v) is 18.4. The van der Waals surface area contributed by atoms with E-state index >= 15 is 0 Å². The van der Waals surface area contributed by atoms with Gasteiger partial charge in [-0.3, -0.25) is 4.40 Å². The number of fused-ring (bicyclic) bond motifs is 3. The molecule has 4 aromatic rings. The average Bonchev–Trinajstić information content (AvgIpc) is 3.23. The highest BCUT2D eigenvalue weighted by Crippen LogP contribution is 2.29. The van der Waals surface area contributed by atoms with Crippen LogP contribution in [0.4, 0.5) is 11.5 Å². The smallest absolute Gasteiger partial charge is 0.138 e. The number of nitrogens with zero attached hydrogens (tertiary/aromatic N) is 6. The Bertz CT molecular complexity index is 1240. The zero-order valence-electron chi connectivity index (χ0n) is 18.4. The summed E-state index contributed by atoms with van der Waals surface area (Å²) in [6.07, 6.45) is 2.00. The molecule has 0 saturated carbocycles. The lowest BCUT2D eigenvalue weighted by Gasteiger charge is -2.33. The van der Waals surface area contributed by atoms with E-state index in [1.807, 2.05) is 6.20 Å². The minimum Gasteiger partial charge on any atom is -0.378 e. The number of aromatic nitrogens is 3. The van der Waals surface area contributed by atoms with E-state index in [0.29, 0.717) is 0 Å². The van der Waals surface area contributed by atoms with Crippen molar-refractivity contribution in [2.75, 3.05) is 69.3 Å². The molecule has 0 radical (unpaired) electrons. The van der Waals surface area contributed by atoms with Gasteiger partial charge in [0.05, 0.1) is 29.9 Å². The summed E-state index contributed by atoms with van der Waals surface area (Å²) in [7, 11) is 2.18. The molecular formula is C25H28N6O. The van der Waals surface area contributed by atoms with Crippen molar-refractivity contribution in [1.82, 2.24) is 19.3 Å². The molecule has 2 aliphatic rings. The Balaban J connectivity index is 1.39. The molecule has 6 rings (SSSR count). The maximum Gasteiger partial charge on any atom is 0.138 e. The van der Waals surface area contributed by atoms with E-state index in [1.165, 1.54) is 5.69 Å². The van der Waals surface area contributed by atoms with Gasteiger partial charge in [-0.2, -0.15) is 0 Å². The minimum atomic E-state index is 0.780. The highest BCUT2D eigenvalue weighted by atomic mass is 16.5. The summed E-state index contributed by atoms with van der Waals surface area (Å²) in [5.74, 6) is 1.05. The highest BCUT2D eigenvalue weighted by molar-refractivity contribution is 5.86. The largest absolute Gasteiger partial charge is 0.378 e. The molecule has 0 atom stereocenters. The van der Waals surface area contributed by atoms with Crippen molar-refractivity contribution >= 4 is 28.2 Å². The lowest BCUT2D eigenvalue weighted by atomic mass is 10.1. The Morgan fingerprint density at radius 2 is 1.69 bits per heavy atom. The Morgan fingerprint density at radius 3 is 2.47 bits per heavy atom. The summed E-state index contributed by atoms with van der Waals surface area (Å²) in [6.45, 7) is 7.61. The van der Waals surface area contributed by atoms with Crippen molar-refractivity contribution < 1.29 is 4.74 Å². The van der Waals surface area contributed by atoms with Gasteiger partial charge >= 0.3 is 0 Å². The molecule has 1 aromatic carbocycles. The molecule has 0 aliphatic carbocycles. The SMILES string of the molecule is CN1CCN(c2ccc(-c3cccc4nc5ccc(N6CCOCC6)cc5n34)cn2)CC1. The number of morpholine rings is 1. The van der Waals surface area contributed by atoms with Crippen LogP contribution in [0.1, 0.15) is 0 Å². The number of benzene rings is 1. The van der Waals surface area contributed by atoms with Gasteiger partial charge in [-0.05, 0) is 49.5 Å². The van der Waals surface area contributed by atoms with Crippen LogP contribution in [0.2, 0.25) is 0 Å². The number of piperazine rings is 1. The van der Waals surface area contributed by atoms with E-state index in [4.69, 9.17) is 14.7 Å². The number of rotatable bonds is 3. The quantitative estimate of drug-likeness (QED) is 0.500. The van der Waals surface area contributed by atoms with E-state index in [0.717, 1.165) is 86.2 Å². The van der Waals surface area contributed by atoms with E-state index in [1.54, 1.807) is 0 Å². The van der Waals surface area contributed by atoms with E-state index in [2.05, 4.69) is 74.7 Å². The van der Waals surface area contributed by atoms with Gasteiger partial charge < -0.3 is 19.4 Å². The molecule has 0 bridgehead atoms. The second-order valence-corrected chi connectivity index (χ2v) is 8.68. The Labute approximate surface area is 187 Å². The van der Waals surface area contributed by atoms with E-state index < -0.39 is 0 Å². The number of pyridine rings is 2. The first-order valence-electron chi connectivity index (χ1n) is 11.4. The molecule has 32 heavy (non-hydrogen) atoms. The standard InChI is InChI=1S/C25H28N6O/c1-28-9-11-30(12-10-28)24-8-5-19(18-26-24)22-3-2-4-25-27-21-7-6-20(17-23(21)31(22)25)29-13-15-32-16-14-29/h2-8,17-18H,9-16H2,1H3. The van der Waals surface area contributed by atoms with Crippen molar-refractivity contribution in [3.8, 4) is 11.3 Å². The third kappa shape index (κ3) is 3.47. The predicted octanol–water partition coefficient (Wildman–Crippen LogP) is 3.14. The number of likely N-dealkylation sites (N-methyl/N-ethyl adjacent to an activating group) is 1. The first-order valence-corrected chi connectivity index (χ1v) is 11.4. The summed E-state index contributed by atoms with van der Waals surface area (Å²) in [4.78, 5) is 16.8. The molecule has 5 heterocycles. The normalized spacial score (nSPS) is 18.0. The number of imidazole rings is 1. The third-order valence-electron chi connectivity index (χ3n) is 6.65. The Kier molecular flexibility index (Phi) is 4.92. The van der Waals surface area contributed by atoms with Gasteiger partial charge in [0.25, 0.3) is 0 Å². The minimum absolute atomic E-state index is 0.780. The van der Waals surface area contributed by atoms with Crippen molar-refractivity contribution in [2.24, 2.45) is 0 Å². The van der Waals surface area contributed by atoms with E-state index in [9.17, 15) is 0 Å². The van der Waals surface area contributed by atoms with Crippen LogP contribution in [-0.2, 0) is 4.74 Å². The van der Waals surface area contributed by atoms with Gasteiger partial charge in [0, 0.05) is 56.7 Å². The summed E-state index contributed by atoms with van der Waals surface area (Å²) in [5.41, 5.74) is 6.53. The second-order valence-electron chi connectivity index (χ2n) is 8.68. The first kappa shape index (κ1) is 19.5. The molecule has 7 nitrogen and oxygen atoms in total. The fraction of sp³-hybridized carbons (Fsp3) is 0.360. The molecule has 3 aromatic heterocycles. The van der Waals surface area contributed by atoms with Crippen molar-refractivity contribution in [1.29, 1.82) is 0 Å². The molecule has 2 saturated heterocycles. The topological polar surface area (TPSA) is 49.1 Å². The van der Waals surface area contributed by atoms with Crippen LogP contribution in [-0.4, -0.2) is 78.8 Å². The monoisotopic (exact) mass is 428 g/mol. The van der Waals surface area contributed by atoms with Crippen LogP contribution in [0.5, 0.6) is 0 Å². The van der Waals surface area contributed by atoms with Gasteiger partial charge in [-0.25, -0.2) is 9.97 Å². The number of hydrogen-bond acceptors (Lipinski definition) is 6. The van der Waals surface area contributed by atoms with Gasteiger partial charge in [0.15, 0.2) is 0 Å². The predicted molar refractivity (Wildman–Crippen MR) is 129 cm³/mol. The van der Waals surface area contributed by atoms with Crippen LogP contribution in [0.15, 0.2) is 54.7 Å². The molecule has 0 amide bonds. The van der Waals surface area contributed by atoms with Gasteiger partial charge in [-0.15, -0.1) is 0 Å². The summed E-state index contributed by atoms with van der Waals surface area (Å²) >= 11 is 0. The summed E-state index contributed by atoms with van der Waals surface area (Å²) < 4.78 is 7.78. The van der Waals surface area contributed by atoms with Gasteiger partial charge in [0.2, 0.25) is 0 Å². The molecule has 0 unspecified atom stereocenters. The Hall–Kier alpha value is -3.16. The zero-order chi connectivity index (χ0) is 21.5. The number of anilines is 2. The van der Waals surface area contributed by atoms with E-state index in [-0.39, 0.29) is 0 Å². The maximum atomic E-state index is 5.53. The highest BCUT2D eigenvalue weighted by Gasteiger charge is 2.17. The number of hydrogen-bond donors (Lipinski definition) is 0. The fourth-order valence-electron chi connectivity index (χ4n) is 4.75. The second kappa shape index (κ2) is 8.07. The van der Waals surface area contributed by atoms with Crippen LogP contribution in [0.25, 0.3) is 27.9 Å². The first-order chi connectivity index (χ1) is 15.8. The van der Waals surface area contributed by atoms with Crippen LogP contribution in [0.3, 0.4) is 0 Å². The van der Waals surface area contributed by atoms with Crippen LogP contribution in [0, 0.1) is 0 Å². The Morgan fingerprint density at radius 1 is 0.844 bits per heavy atom. The van der Waals surface area contributed by atoms with Crippen molar-refractivity contribution in [3.63, 3.8) is 0 Å². The fourth-order valence-corrected chi connectivity index (χ4v) is 4.75. The summed E-state index contributed by atoms with van der Waals surface area (Å²) in [5, 5.41) is 0. The average molecular weight is 429 g/mol. The molecular weight excluding hydrogens is 400 g/mol. The lowest BCUT2D eigenvalue weighted by Crippen LogP contribution is -2.44. The molecule has 0 N–H and O–H groups in total. The van der Waals surface area contributed by atoms with Gasteiger partial charge in [0.1, 0.15) is 11.5 Å². The molecule has 164 valence electrons. The maximum absolute atomic E-state index is 5.53. The third-order valence-corrected chi connectivity index (χ3v) is 6.65. The van der Waals surface area contributed by atoms with Crippen molar-refractivity contribution in [3.05, 3.63) is 54.7 Å². The lowest BCUT2D eigenvalue weighted by molar-refractivity contribution is 0.122. The molecule has 0 spiro atoms. The molecule has 7 heteroatoms. The van der Waals surface area contributed by atoms with Crippen LogP contribution < -0.4 is 9.80 Å². The molecule has 2 aliphatic heterocycles. The summed E-state index contributed by atoms with van der Waals surface area (Å²) in [6, 6.07) is 17.2. The number of ether oxygens (including phenoxy) is 1. The van der Waals surface area contributed by atoms with Crippen molar-refractivity contribution in [2.45, 2.75) is 0 Å². The van der Waals surface area contributed by atoms with Crippen LogP contribution >= 0.6 is 0 Å². The van der Waals surface area contributed by atoms with Gasteiger partial charge in [-0.1, -0.05) is 6.07 Å².